The average Bonchev–Trinajstić information content (AvgIpc) is 1.86. The van der Waals surface area contributed by atoms with Crippen LogP contribution >= 0.6 is 0 Å². The van der Waals surface area contributed by atoms with Crippen molar-refractivity contribution in [3.05, 3.63) is 0 Å². The normalized spacial score (nSPS) is 18.0. The third-order valence-electron chi connectivity index (χ3n) is 2.53. The highest BCUT2D eigenvalue weighted by atomic mass is 16.3. The van der Waals surface area contributed by atoms with Crippen LogP contribution in [0, 0.1) is 11.3 Å². The minimum absolute atomic E-state index is 0.0278. The van der Waals surface area contributed by atoms with Crippen LogP contribution in [0.1, 0.15) is 34.1 Å². The molecule has 55 valence electrons. The summed E-state index contributed by atoms with van der Waals surface area (Å²) in [5.74, 6) is 0.514. The van der Waals surface area contributed by atoms with E-state index in [1.54, 1.807) is 0 Å². The zero-order valence-corrected chi connectivity index (χ0v) is 6.90. The second kappa shape index (κ2) is 3.21. The number of rotatable bonds is 3. The Bertz CT molecular complexity index is 72.6. The lowest BCUT2D eigenvalue weighted by Gasteiger charge is -2.28. The Balaban J connectivity index is 3.92. The third-order valence-corrected chi connectivity index (χ3v) is 2.53. The first-order valence-corrected chi connectivity index (χ1v) is 3.65. The molecule has 0 amide bonds. The van der Waals surface area contributed by atoms with Crippen molar-refractivity contribution < 1.29 is 5.11 Å². The lowest BCUT2D eigenvalue weighted by Crippen LogP contribution is -2.25. The van der Waals surface area contributed by atoms with Gasteiger partial charge in [0.05, 0.1) is 6.61 Å². The fourth-order valence-electron chi connectivity index (χ4n) is 0.677. The summed E-state index contributed by atoms with van der Waals surface area (Å²) in [6.45, 7) is 8.42. The van der Waals surface area contributed by atoms with Crippen molar-refractivity contribution in [2.75, 3.05) is 6.61 Å². The van der Waals surface area contributed by atoms with Crippen molar-refractivity contribution >= 4 is 0 Å². The fraction of sp³-hybridized carbons (Fsp3) is 1.00. The van der Waals surface area contributed by atoms with Crippen LogP contribution in [0.3, 0.4) is 0 Å². The summed E-state index contributed by atoms with van der Waals surface area (Å²) in [5, 5.41) is 10.6. The quantitative estimate of drug-likeness (QED) is 0.558. The Morgan fingerprint density at radius 3 is 1.89 bits per heavy atom. The molecule has 0 aromatic carbocycles. The van der Waals surface area contributed by atoms with Crippen molar-refractivity contribution in [3.63, 3.8) is 0 Å². The largest absolute Gasteiger partial charge is 0.236 e. The van der Waals surface area contributed by atoms with Gasteiger partial charge in [-0.05, 0) is 17.8 Å². The van der Waals surface area contributed by atoms with Crippen LogP contribution in [0.2, 0.25) is 0 Å². The molecule has 0 aliphatic carbocycles. The van der Waals surface area contributed by atoms with E-state index in [1.807, 2.05) is 0 Å². The van der Waals surface area contributed by atoms with Crippen LogP contribution in [0.4, 0.5) is 0 Å². The van der Waals surface area contributed by atoms with Crippen molar-refractivity contribution in [3.8, 4) is 0 Å². The third kappa shape index (κ3) is 1.98. The fourth-order valence-corrected chi connectivity index (χ4v) is 0.677. The van der Waals surface area contributed by atoms with Crippen LogP contribution in [0.25, 0.3) is 0 Å². The van der Waals surface area contributed by atoms with E-state index in [2.05, 4.69) is 27.7 Å². The molecule has 0 bridgehead atoms. The molecule has 9 heavy (non-hydrogen) atoms. The van der Waals surface area contributed by atoms with Gasteiger partial charge in [0.25, 0.3) is 0 Å². The average molecular weight is 129 g/mol. The molecular weight excluding hydrogens is 112 g/mol. The summed E-state index contributed by atoms with van der Waals surface area (Å²) < 4.78 is 0. The smallest absolute Gasteiger partial charge is 0.0878 e. The highest BCUT2D eigenvalue weighted by molar-refractivity contribution is 4.74. The molecule has 0 heterocycles. The summed E-state index contributed by atoms with van der Waals surface area (Å²) in [7, 11) is 0. The summed E-state index contributed by atoms with van der Waals surface area (Å²) in [6, 6.07) is 0. The monoisotopic (exact) mass is 129 g/mol. The summed E-state index contributed by atoms with van der Waals surface area (Å²) in [5.41, 5.74) is 0.0278. The Hall–Kier alpha value is -0.0400. The van der Waals surface area contributed by atoms with E-state index in [0.717, 1.165) is 6.42 Å². The first kappa shape index (κ1) is 8.96. The molecule has 0 aliphatic heterocycles. The van der Waals surface area contributed by atoms with Gasteiger partial charge in [-0.3, -0.25) is 0 Å². The Morgan fingerprint density at radius 2 is 1.89 bits per heavy atom. The van der Waals surface area contributed by atoms with Gasteiger partial charge in [-0.15, -0.1) is 0 Å². The summed E-state index contributed by atoms with van der Waals surface area (Å²) in [6.07, 6.45) is 0.994. The van der Waals surface area contributed by atoms with Crippen LogP contribution in [0.15, 0.2) is 0 Å². The maximum atomic E-state index is 10.6. The van der Waals surface area contributed by atoms with E-state index in [9.17, 15) is 5.11 Å². The van der Waals surface area contributed by atoms with Crippen LogP contribution in [-0.4, -0.2) is 6.61 Å². The molecule has 1 unspecified atom stereocenters. The molecule has 0 spiro atoms. The molecule has 0 fully saturated rings. The second-order valence-corrected chi connectivity index (χ2v) is 3.31. The molecule has 1 atom stereocenters. The van der Waals surface area contributed by atoms with E-state index in [4.69, 9.17) is 0 Å². The first-order valence-electron chi connectivity index (χ1n) is 3.65. The van der Waals surface area contributed by atoms with E-state index in [0.29, 0.717) is 5.92 Å². The molecule has 0 aromatic rings. The van der Waals surface area contributed by atoms with Gasteiger partial charge in [0, 0.05) is 0 Å². The zero-order chi connectivity index (χ0) is 7.49. The predicted octanol–water partition coefficient (Wildman–Crippen LogP) is 2.49. The molecule has 0 saturated heterocycles. The van der Waals surface area contributed by atoms with E-state index in [-0.39, 0.29) is 12.0 Å². The molecule has 0 N–H and O–H groups in total. The standard InChI is InChI=1S/C8H17O/c1-5-8(4,6-9)7(2)3/h7H,5-6H2,1-4H3. The highest BCUT2D eigenvalue weighted by Gasteiger charge is 2.25. The second-order valence-electron chi connectivity index (χ2n) is 3.31. The summed E-state index contributed by atoms with van der Waals surface area (Å²) in [4.78, 5) is 0. The SMILES string of the molecule is CCC(C)(C[O])C(C)C. The topological polar surface area (TPSA) is 19.9 Å². The molecule has 1 heteroatoms. The van der Waals surface area contributed by atoms with Crippen molar-refractivity contribution in [2.24, 2.45) is 11.3 Å². The number of hydrogen-bond acceptors (Lipinski definition) is 0. The van der Waals surface area contributed by atoms with Crippen molar-refractivity contribution in [2.45, 2.75) is 34.1 Å². The molecule has 0 rings (SSSR count). The van der Waals surface area contributed by atoms with Gasteiger partial charge in [0.1, 0.15) is 0 Å². The predicted molar refractivity (Wildman–Crippen MR) is 38.8 cm³/mol. The molecule has 0 saturated carbocycles. The van der Waals surface area contributed by atoms with Crippen molar-refractivity contribution in [1.82, 2.24) is 0 Å². The van der Waals surface area contributed by atoms with Gasteiger partial charge in [0.2, 0.25) is 0 Å². The number of hydrogen-bond donors (Lipinski definition) is 0. The molecule has 0 aliphatic rings. The van der Waals surface area contributed by atoms with Crippen molar-refractivity contribution in [1.29, 1.82) is 0 Å². The first-order chi connectivity index (χ1) is 4.06. The van der Waals surface area contributed by atoms with Gasteiger partial charge in [-0.1, -0.05) is 27.7 Å². The highest BCUT2D eigenvalue weighted by Crippen LogP contribution is 2.29. The van der Waals surface area contributed by atoms with E-state index >= 15 is 0 Å². The molecule has 1 nitrogen and oxygen atoms in total. The Morgan fingerprint density at radius 1 is 1.44 bits per heavy atom. The van der Waals surface area contributed by atoms with Gasteiger partial charge >= 0.3 is 0 Å². The minimum Gasteiger partial charge on any atom is -0.236 e. The van der Waals surface area contributed by atoms with Gasteiger partial charge in [-0.25, -0.2) is 5.11 Å². The van der Waals surface area contributed by atoms with Crippen LogP contribution in [0.5, 0.6) is 0 Å². The Kier molecular flexibility index (Phi) is 3.20. The minimum atomic E-state index is 0.0278. The lowest BCUT2D eigenvalue weighted by atomic mass is 9.78. The zero-order valence-electron chi connectivity index (χ0n) is 6.90. The lowest BCUT2D eigenvalue weighted by molar-refractivity contribution is 0.0433. The maximum absolute atomic E-state index is 10.6. The van der Waals surface area contributed by atoms with Crippen LogP contribution < -0.4 is 0 Å². The van der Waals surface area contributed by atoms with Gasteiger partial charge in [0.15, 0.2) is 0 Å². The molecule has 1 radical (unpaired) electrons. The van der Waals surface area contributed by atoms with Crippen LogP contribution in [-0.2, 0) is 5.11 Å². The maximum Gasteiger partial charge on any atom is 0.0878 e. The van der Waals surface area contributed by atoms with E-state index < -0.39 is 0 Å². The van der Waals surface area contributed by atoms with Gasteiger partial charge in [-0.2, -0.15) is 0 Å². The molecular formula is C8H17O. The molecule has 0 aromatic heterocycles. The summed E-state index contributed by atoms with van der Waals surface area (Å²) >= 11 is 0. The van der Waals surface area contributed by atoms with E-state index in [1.165, 1.54) is 0 Å². The Labute approximate surface area is 58.1 Å². The van der Waals surface area contributed by atoms with Gasteiger partial charge < -0.3 is 0 Å².